The molecule has 0 bridgehead atoms. The van der Waals surface area contributed by atoms with Crippen LogP contribution in [0, 0.1) is 5.92 Å². The van der Waals surface area contributed by atoms with Gasteiger partial charge in [-0.15, -0.1) is 5.73 Å². The third-order valence-corrected chi connectivity index (χ3v) is 10.7. The fourth-order valence-corrected chi connectivity index (χ4v) is 7.81. The van der Waals surface area contributed by atoms with Crippen molar-refractivity contribution >= 4 is 34.7 Å². The van der Waals surface area contributed by atoms with E-state index in [1.54, 1.807) is 0 Å². The van der Waals surface area contributed by atoms with Gasteiger partial charge in [-0.1, -0.05) is 78.7 Å². The minimum Gasteiger partial charge on any atom is -1.00 e. The molecule has 1 aliphatic carbocycles. The van der Waals surface area contributed by atoms with Gasteiger partial charge in [0.25, 0.3) is 0 Å². The van der Waals surface area contributed by atoms with Crippen molar-refractivity contribution in [2.45, 2.75) is 77.0 Å². The lowest BCUT2D eigenvalue weighted by atomic mass is 9.81. The zero-order valence-electron chi connectivity index (χ0n) is 28.7. The molecular weight excluding hydrogens is 635 g/mol. The van der Waals surface area contributed by atoms with E-state index in [1.165, 1.54) is 39.5 Å². The van der Waals surface area contributed by atoms with Crippen molar-refractivity contribution in [1.82, 2.24) is 0 Å². The number of anilines is 1. The summed E-state index contributed by atoms with van der Waals surface area (Å²) in [5.74, 6) is 0.577. The maximum Gasteiger partial charge on any atom is 0.311 e. The standard InChI is InChI=1S/C42H46ClN2O2.ClH/c1-41(2)33-18-11-13-20-35(33)44(5)37(41)27-25-30-23-24-31(40(30)43)26-28-38-42(3,4)34-19-12-14-21-36(34)45(38)29-15-7-10-22-39(46)47-32-16-8-6-9-17-32;/h6,8-9,11-14,16-21,25-27,31H,7,10,15,22-24,29H2,1-5H3;1H/q+1;/p-1/b27-25+;. The highest BCUT2D eigenvalue weighted by Crippen LogP contribution is 2.48. The van der Waals surface area contributed by atoms with Crippen LogP contribution in [-0.2, 0) is 15.6 Å². The van der Waals surface area contributed by atoms with E-state index >= 15 is 0 Å². The molecule has 2 heterocycles. The van der Waals surface area contributed by atoms with Crippen molar-refractivity contribution in [2.24, 2.45) is 5.92 Å². The first-order valence-electron chi connectivity index (χ1n) is 17.0. The average molecular weight is 682 g/mol. The van der Waals surface area contributed by atoms with Crippen LogP contribution in [0.3, 0.4) is 0 Å². The van der Waals surface area contributed by atoms with Gasteiger partial charge in [-0.2, -0.15) is 4.58 Å². The number of ether oxygens (including phenoxy) is 1. The van der Waals surface area contributed by atoms with Crippen LogP contribution in [0.1, 0.15) is 77.3 Å². The normalized spacial score (nSPS) is 18.9. The molecule has 6 rings (SSSR count). The van der Waals surface area contributed by atoms with E-state index in [1.807, 2.05) is 30.3 Å². The van der Waals surface area contributed by atoms with Crippen molar-refractivity contribution in [3.8, 4) is 5.75 Å². The van der Waals surface area contributed by atoms with Crippen molar-refractivity contribution in [3.05, 3.63) is 130 Å². The number of hydrogen-bond acceptors (Lipinski definition) is 3. The Kier molecular flexibility index (Phi) is 10.9. The summed E-state index contributed by atoms with van der Waals surface area (Å²) in [6, 6.07) is 26.6. The van der Waals surface area contributed by atoms with Gasteiger partial charge >= 0.3 is 5.97 Å². The van der Waals surface area contributed by atoms with Crippen LogP contribution in [0.4, 0.5) is 11.4 Å². The highest BCUT2D eigenvalue weighted by Gasteiger charge is 2.43. The molecule has 0 radical (unpaired) electrons. The zero-order chi connectivity index (χ0) is 33.2. The number of rotatable bonds is 10. The van der Waals surface area contributed by atoms with Crippen LogP contribution < -0.4 is 22.0 Å². The van der Waals surface area contributed by atoms with E-state index in [2.05, 4.69) is 117 Å². The van der Waals surface area contributed by atoms with Gasteiger partial charge in [0.15, 0.2) is 5.71 Å². The lowest BCUT2D eigenvalue weighted by molar-refractivity contribution is -0.401. The second-order valence-electron chi connectivity index (χ2n) is 14.0. The first-order chi connectivity index (χ1) is 22.6. The number of nitrogens with zero attached hydrogens (tertiary/aromatic N) is 2. The minimum atomic E-state index is -0.175. The Balaban J connectivity index is 0.00000451. The lowest BCUT2D eigenvalue weighted by Gasteiger charge is -2.25. The van der Waals surface area contributed by atoms with Gasteiger partial charge in [0, 0.05) is 52.7 Å². The Morgan fingerprint density at radius 3 is 2.35 bits per heavy atom. The number of carbonyl (C=O) groups is 1. The van der Waals surface area contributed by atoms with Crippen molar-refractivity contribution < 1.29 is 26.5 Å². The fourth-order valence-electron chi connectivity index (χ4n) is 7.48. The van der Waals surface area contributed by atoms with E-state index < -0.39 is 0 Å². The minimum absolute atomic E-state index is 0. The summed E-state index contributed by atoms with van der Waals surface area (Å²) in [4.78, 5) is 14.7. The molecule has 1 atom stereocenters. The number of halogens is 2. The molecule has 0 amide bonds. The van der Waals surface area contributed by atoms with Gasteiger partial charge in [0.05, 0.1) is 11.1 Å². The molecule has 0 fully saturated rings. The van der Waals surface area contributed by atoms with E-state index in [9.17, 15) is 4.79 Å². The van der Waals surface area contributed by atoms with Crippen molar-refractivity contribution in [1.29, 1.82) is 0 Å². The third-order valence-electron chi connectivity index (χ3n) is 10.1. The number of carbonyl (C=O) groups excluding carboxylic acids is 1. The average Bonchev–Trinajstić information content (AvgIpc) is 3.59. The molecule has 4 nitrogen and oxygen atoms in total. The highest BCUT2D eigenvalue weighted by molar-refractivity contribution is 6.30. The van der Waals surface area contributed by atoms with Gasteiger partial charge in [-0.05, 0) is 88.8 Å². The Hall–Kier alpha value is -3.82. The predicted molar refractivity (Wildman–Crippen MR) is 194 cm³/mol. The molecule has 0 spiro atoms. The summed E-state index contributed by atoms with van der Waals surface area (Å²) in [7, 11) is 2.16. The van der Waals surface area contributed by atoms with Gasteiger partial charge < -0.3 is 22.0 Å². The van der Waals surface area contributed by atoms with E-state index in [4.69, 9.17) is 16.3 Å². The van der Waals surface area contributed by atoms with Crippen LogP contribution in [0.2, 0.25) is 0 Å². The number of benzene rings is 3. The molecule has 250 valence electrons. The number of hydrogen-bond donors (Lipinski definition) is 0. The van der Waals surface area contributed by atoms with E-state index in [0.29, 0.717) is 12.2 Å². The van der Waals surface area contributed by atoms with Gasteiger partial charge in [-0.25, -0.2) is 0 Å². The van der Waals surface area contributed by atoms with Gasteiger partial charge in [0.1, 0.15) is 12.8 Å². The molecule has 3 aromatic carbocycles. The Labute approximate surface area is 297 Å². The molecular formula is C42H46Cl2N2O2. The highest BCUT2D eigenvalue weighted by atomic mass is 35.5. The maximum atomic E-state index is 12.3. The summed E-state index contributed by atoms with van der Waals surface area (Å²) < 4.78 is 7.77. The Morgan fingerprint density at radius 1 is 0.917 bits per heavy atom. The molecule has 0 aromatic heterocycles. The van der Waals surface area contributed by atoms with Gasteiger partial charge in [0.2, 0.25) is 5.69 Å². The monoisotopic (exact) mass is 680 g/mol. The fraction of sp³-hybridized carbons (Fsp3) is 0.357. The quantitative estimate of drug-likeness (QED) is 0.0749. The van der Waals surface area contributed by atoms with Crippen LogP contribution in [0.5, 0.6) is 5.75 Å². The summed E-state index contributed by atoms with van der Waals surface area (Å²) >= 11 is 7.08. The van der Waals surface area contributed by atoms with Crippen molar-refractivity contribution in [3.63, 3.8) is 0 Å². The molecule has 3 aromatic rings. The first kappa shape index (κ1) is 35.5. The molecule has 48 heavy (non-hydrogen) atoms. The number of fused-ring (bicyclic) bond motifs is 2. The Bertz CT molecular complexity index is 1830. The summed E-state index contributed by atoms with van der Waals surface area (Å²) in [6.07, 6.45) is 11.8. The van der Waals surface area contributed by atoms with Crippen LogP contribution in [0.25, 0.3) is 0 Å². The SMILES string of the molecule is C[N+]1=C(/C=C/C2=C(Cl)C(C=C=C3N(CCCCCC(=O)Oc4ccccc4)c4ccccc4C3(C)C)CC2)C(C)(C)c2ccccc21.[Cl-]. The van der Waals surface area contributed by atoms with Crippen LogP contribution >= 0.6 is 11.6 Å². The number of esters is 1. The second kappa shape index (κ2) is 14.7. The molecule has 3 aliphatic rings. The molecule has 2 aliphatic heterocycles. The summed E-state index contributed by atoms with van der Waals surface area (Å²) in [5.41, 5.74) is 12.4. The molecule has 0 saturated heterocycles. The summed E-state index contributed by atoms with van der Waals surface area (Å²) in [6.45, 7) is 10.0. The zero-order valence-corrected chi connectivity index (χ0v) is 30.2. The van der Waals surface area contributed by atoms with Crippen molar-refractivity contribution in [2.75, 3.05) is 18.5 Å². The first-order valence-corrected chi connectivity index (χ1v) is 17.3. The molecule has 0 saturated carbocycles. The third kappa shape index (κ3) is 6.99. The molecule has 6 heteroatoms. The predicted octanol–water partition coefficient (Wildman–Crippen LogP) is 7.16. The molecule has 0 N–H and O–H groups in total. The van der Waals surface area contributed by atoms with Crippen LogP contribution in [-0.4, -0.2) is 29.8 Å². The van der Waals surface area contributed by atoms with Crippen LogP contribution in [0.15, 0.2) is 119 Å². The number of allylic oxidation sites excluding steroid dienone is 5. The summed E-state index contributed by atoms with van der Waals surface area (Å²) in [5, 5.41) is 0.924. The maximum absolute atomic E-state index is 12.3. The molecule has 1 unspecified atom stereocenters. The van der Waals surface area contributed by atoms with Gasteiger partial charge in [-0.3, -0.25) is 4.79 Å². The topological polar surface area (TPSA) is 32.5 Å². The Morgan fingerprint density at radius 2 is 1.60 bits per heavy atom. The van der Waals surface area contributed by atoms with E-state index in [-0.39, 0.29) is 35.1 Å². The lowest BCUT2D eigenvalue weighted by Crippen LogP contribution is -3.00. The second-order valence-corrected chi connectivity index (χ2v) is 14.4. The number of unbranched alkanes of at least 4 members (excludes halogenated alkanes) is 2. The largest absolute Gasteiger partial charge is 1.00 e. The van der Waals surface area contributed by atoms with E-state index in [0.717, 1.165) is 43.7 Å². The number of para-hydroxylation sites is 3. The smallest absolute Gasteiger partial charge is 0.311 e.